The van der Waals surface area contributed by atoms with Gasteiger partial charge in [-0.15, -0.1) is 0 Å². The first kappa shape index (κ1) is 18.7. The van der Waals surface area contributed by atoms with Crippen LogP contribution < -0.4 is 10.0 Å². The summed E-state index contributed by atoms with van der Waals surface area (Å²) in [6.07, 6.45) is 5.25. The van der Waals surface area contributed by atoms with E-state index >= 15 is 0 Å². The summed E-state index contributed by atoms with van der Waals surface area (Å²) in [4.78, 5) is 0. The zero-order valence-electron chi connectivity index (χ0n) is 15.7. The molecule has 0 aromatic heterocycles. The van der Waals surface area contributed by atoms with Crippen LogP contribution in [0.3, 0.4) is 0 Å². The molecule has 5 heteroatoms. The predicted octanol–water partition coefficient (Wildman–Crippen LogP) is 3.34. The van der Waals surface area contributed by atoms with E-state index in [1.165, 1.54) is 16.7 Å². The van der Waals surface area contributed by atoms with Gasteiger partial charge in [0.15, 0.2) is 0 Å². The van der Waals surface area contributed by atoms with Crippen molar-refractivity contribution in [3.8, 4) is 0 Å². The molecule has 0 spiro atoms. The highest BCUT2D eigenvalue weighted by Gasteiger charge is 2.27. The van der Waals surface area contributed by atoms with Crippen molar-refractivity contribution in [1.82, 2.24) is 10.0 Å². The average Bonchev–Trinajstić information content (AvgIpc) is 3.48. The molecule has 2 aromatic rings. The summed E-state index contributed by atoms with van der Waals surface area (Å²) in [5, 5.41) is 3.68. The summed E-state index contributed by atoms with van der Waals surface area (Å²) in [6, 6.07) is 17.3. The second-order valence-electron chi connectivity index (χ2n) is 7.88. The zero-order valence-corrected chi connectivity index (χ0v) is 16.5. The van der Waals surface area contributed by atoms with E-state index in [0.717, 1.165) is 44.2 Å². The normalized spacial score (nSPS) is 20.1. The molecule has 0 saturated heterocycles. The first-order valence-corrected chi connectivity index (χ1v) is 11.6. The monoisotopic (exact) mass is 384 g/mol. The number of sulfonamides is 1. The van der Waals surface area contributed by atoms with Gasteiger partial charge >= 0.3 is 0 Å². The number of aryl methyl sites for hydroxylation is 1. The van der Waals surface area contributed by atoms with Crippen molar-refractivity contribution in [3.63, 3.8) is 0 Å². The smallest absolute Gasteiger partial charge is 0.212 e. The summed E-state index contributed by atoms with van der Waals surface area (Å²) in [6.45, 7) is 1.38. The molecule has 1 aliphatic heterocycles. The number of hydrogen-bond acceptors (Lipinski definition) is 3. The van der Waals surface area contributed by atoms with Gasteiger partial charge in [-0.1, -0.05) is 48.5 Å². The molecule has 0 bridgehead atoms. The van der Waals surface area contributed by atoms with Crippen molar-refractivity contribution < 1.29 is 8.42 Å². The van der Waals surface area contributed by atoms with Crippen LogP contribution in [0.25, 0.3) is 0 Å². The molecule has 0 radical (unpaired) electrons. The number of nitrogens with one attached hydrogen (secondary N) is 2. The van der Waals surface area contributed by atoms with Crippen molar-refractivity contribution in [2.24, 2.45) is 5.92 Å². The van der Waals surface area contributed by atoms with Crippen LogP contribution in [0.4, 0.5) is 0 Å². The Labute approximate surface area is 162 Å². The highest BCUT2D eigenvalue weighted by molar-refractivity contribution is 7.89. The van der Waals surface area contributed by atoms with E-state index in [-0.39, 0.29) is 11.8 Å². The molecule has 4 nitrogen and oxygen atoms in total. The maximum absolute atomic E-state index is 12.2. The second kappa shape index (κ2) is 8.13. The van der Waals surface area contributed by atoms with Crippen LogP contribution in [0.2, 0.25) is 0 Å². The van der Waals surface area contributed by atoms with E-state index in [9.17, 15) is 8.42 Å². The lowest BCUT2D eigenvalue weighted by atomic mass is 9.92. The molecular formula is C22H28N2O2S. The van der Waals surface area contributed by atoms with Crippen molar-refractivity contribution in [2.45, 2.75) is 44.7 Å². The molecule has 1 atom stereocenters. The Kier molecular flexibility index (Phi) is 5.62. The van der Waals surface area contributed by atoms with Crippen LogP contribution in [-0.2, 0) is 29.4 Å². The van der Waals surface area contributed by atoms with Gasteiger partial charge in [-0.25, -0.2) is 13.1 Å². The molecule has 0 amide bonds. The average molecular weight is 385 g/mol. The summed E-state index contributed by atoms with van der Waals surface area (Å²) >= 11 is 0. The molecule has 27 heavy (non-hydrogen) atoms. The number of benzene rings is 2. The van der Waals surface area contributed by atoms with Gasteiger partial charge in [0.25, 0.3) is 0 Å². The molecule has 1 heterocycles. The maximum atomic E-state index is 12.2. The Morgan fingerprint density at radius 2 is 1.85 bits per heavy atom. The Morgan fingerprint density at radius 3 is 2.63 bits per heavy atom. The number of rotatable bonds is 7. The molecule has 1 saturated carbocycles. The Hall–Kier alpha value is -1.69. The zero-order chi connectivity index (χ0) is 18.7. The highest BCUT2D eigenvalue weighted by Crippen LogP contribution is 2.30. The van der Waals surface area contributed by atoms with Crippen LogP contribution in [0.5, 0.6) is 0 Å². The van der Waals surface area contributed by atoms with Gasteiger partial charge in [-0.3, -0.25) is 0 Å². The topological polar surface area (TPSA) is 58.2 Å². The van der Waals surface area contributed by atoms with Crippen molar-refractivity contribution in [3.05, 3.63) is 70.8 Å². The number of hydrogen-bond donors (Lipinski definition) is 2. The minimum Gasteiger partial charge on any atom is -0.310 e. The molecule has 1 unspecified atom stereocenters. The first-order chi connectivity index (χ1) is 13.1. The van der Waals surface area contributed by atoms with E-state index in [2.05, 4.69) is 52.5 Å². The van der Waals surface area contributed by atoms with Gasteiger partial charge in [-0.2, -0.15) is 0 Å². The van der Waals surface area contributed by atoms with Crippen molar-refractivity contribution in [2.75, 3.05) is 12.3 Å². The molecule has 2 aromatic carbocycles. The maximum Gasteiger partial charge on any atom is 0.212 e. The Morgan fingerprint density at radius 1 is 1.04 bits per heavy atom. The SMILES string of the molecule is O=S(=O)(CC1CC1)NCc1ccc2c(c1)C(Cc1ccccc1)NCCC2. The lowest BCUT2D eigenvalue weighted by Gasteiger charge is -2.20. The fraction of sp³-hybridized carbons (Fsp3) is 0.455. The van der Waals surface area contributed by atoms with Crippen LogP contribution in [0, 0.1) is 5.92 Å². The molecule has 4 rings (SSSR count). The van der Waals surface area contributed by atoms with Crippen molar-refractivity contribution >= 4 is 10.0 Å². The molecule has 144 valence electrons. The fourth-order valence-corrected chi connectivity index (χ4v) is 5.31. The van der Waals surface area contributed by atoms with Crippen LogP contribution in [0.1, 0.15) is 47.6 Å². The van der Waals surface area contributed by atoms with E-state index in [0.29, 0.717) is 12.5 Å². The molecule has 1 aliphatic carbocycles. The summed E-state index contributed by atoms with van der Waals surface area (Å²) in [5.41, 5.74) is 5.05. The molecular weight excluding hydrogens is 356 g/mol. The standard InChI is InChI=1S/C22H28N2O2S/c25-27(26,16-18-8-9-18)24-15-19-10-11-20-7-4-12-23-22(21(20)13-19)14-17-5-2-1-3-6-17/h1-3,5-6,10-11,13,18,22-24H,4,7-9,12,14-16H2. The van der Waals surface area contributed by atoms with E-state index < -0.39 is 10.0 Å². The van der Waals surface area contributed by atoms with Gasteiger partial charge < -0.3 is 5.32 Å². The fourth-order valence-electron chi connectivity index (χ4n) is 3.85. The third-order valence-corrected chi connectivity index (χ3v) is 7.02. The summed E-state index contributed by atoms with van der Waals surface area (Å²) in [5.74, 6) is 0.643. The summed E-state index contributed by atoms with van der Waals surface area (Å²) < 4.78 is 27.1. The number of fused-ring (bicyclic) bond motifs is 1. The minimum atomic E-state index is -3.17. The van der Waals surface area contributed by atoms with Gasteiger partial charge in [0.2, 0.25) is 10.0 Å². The lowest BCUT2D eigenvalue weighted by Crippen LogP contribution is -2.27. The van der Waals surface area contributed by atoms with Crippen LogP contribution in [0.15, 0.2) is 48.5 Å². The summed E-state index contributed by atoms with van der Waals surface area (Å²) in [7, 11) is -3.17. The largest absolute Gasteiger partial charge is 0.310 e. The predicted molar refractivity (Wildman–Crippen MR) is 109 cm³/mol. The van der Waals surface area contributed by atoms with E-state index in [4.69, 9.17) is 0 Å². The van der Waals surface area contributed by atoms with Gasteiger partial charge in [0.1, 0.15) is 0 Å². The Bertz CT molecular complexity index is 876. The first-order valence-electron chi connectivity index (χ1n) is 9.95. The third-order valence-electron chi connectivity index (χ3n) is 5.53. The molecule has 1 fully saturated rings. The van der Waals surface area contributed by atoms with Gasteiger partial charge in [-0.05, 0) is 66.8 Å². The lowest BCUT2D eigenvalue weighted by molar-refractivity contribution is 0.539. The van der Waals surface area contributed by atoms with Crippen LogP contribution >= 0.6 is 0 Å². The molecule has 2 aliphatic rings. The highest BCUT2D eigenvalue weighted by atomic mass is 32.2. The second-order valence-corrected chi connectivity index (χ2v) is 9.73. The quantitative estimate of drug-likeness (QED) is 0.770. The van der Waals surface area contributed by atoms with Crippen LogP contribution in [-0.4, -0.2) is 20.7 Å². The Balaban J connectivity index is 1.50. The van der Waals surface area contributed by atoms with E-state index in [1.54, 1.807) is 0 Å². The molecule has 2 N–H and O–H groups in total. The van der Waals surface area contributed by atoms with Crippen molar-refractivity contribution in [1.29, 1.82) is 0 Å². The minimum absolute atomic E-state index is 0.271. The van der Waals surface area contributed by atoms with Gasteiger partial charge in [0.05, 0.1) is 5.75 Å². The van der Waals surface area contributed by atoms with E-state index in [1.807, 2.05) is 6.07 Å². The third kappa shape index (κ3) is 5.18. The van der Waals surface area contributed by atoms with Gasteiger partial charge in [0, 0.05) is 12.6 Å².